The first-order valence-corrected chi connectivity index (χ1v) is 5.14. The second-order valence-electron chi connectivity index (χ2n) is 3.32. The Kier molecular flexibility index (Phi) is 3.20. The van der Waals surface area contributed by atoms with Crippen LogP contribution >= 0.6 is 11.6 Å². The van der Waals surface area contributed by atoms with Crippen LogP contribution in [0.3, 0.4) is 0 Å². The average Bonchev–Trinajstić information content (AvgIpc) is 2.81. The highest BCUT2D eigenvalue weighted by atomic mass is 35.5. The molecule has 0 radical (unpaired) electrons. The Morgan fingerprint density at radius 2 is 2.28 bits per heavy atom. The second kappa shape index (κ2) is 4.66. The predicted molar refractivity (Wildman–Crippen MR) is 60.4 cm³/mol. The third-order valence-electron chi connectivity index (χ3n) is 2.24. The summed E-state index contributed by atoms with van der Waals surface area (Å²) in [6, 6.07) is 3.61. The van der Waals surface area contributed by atoms with E-state index in [0.717, 1.165) is 12.1 Å². The SMILES string of the molecule is COc1c(F)ccc(Cl)c1-c1cc(C(=O)O)on1. The van der Waals surface area contributed by atoms with E-state index in [4.69, 9.17) is 21.4 Å². The minimum atomic E-state index is -1.28. The minimum Gasteiger partial charge on any atom is -0.493 e. The molecule has 0 saturated carbocycles. The Morgan fingerprint density at radius 1 is 1.56 bits per heavy atom. The molecule has 2 aromatic rings. The zero-order valence-electron chi connectivity index (χ0n) is 9.11. The number of aromatic nitrogens is 1. The number of carboxylic acids is 1. The summed E-state index contributed by atoms with van der Waals surface area (Å²) in [4.78, 5) is 10.7. The third kappa shape index (κ3) is 2.02. The van der Waals surface area contributed by atoms with Crippen molar-refractivity contribution in [3.05, 3.63) is 34.8 Å². The van der Waals surface area contributed by atoms with Gasteiger partial charge in [0.1, 0.15) is 5.69 Å². The molecule has 0 fully saturated rings. The van der Waals surface area contributed by atoms with Gasteiger partial charge in [0.25, 0.3) is 0 Å². The lowest BCUT2D eigenvalue weighted by Crippen LogP contribution is -1.94. The first kappa shape index (κ1) is 12.4. The van der Waals surface area contributed by atoms with Gasteiger partial charge in [0, 0.05) is 6.07 Å². The van der Waals surface area contributed by atoms with Crippen LogP contribution in [0.5, 0.6) is 5.75 Å². The number of ether oxygens (including phenoxy) is 1. The lowest BCUT2D eigenvalue weighted by molar-refractivity contribution is 0.0652. The molecular formula is C11H7ClFNO4. The zero-order chi connectivity index (χ0) is 13.3. The Balaban J connectivity index is 2.62. The maximum atomic E-state index is 13.5. The first-order valence-electron chi connectivity index (χ1n) is 4.77. The molecule has 2 rings (SSSR count). The molecule has 1 N–H and O–H groups in total. The largest absolute Gasteiger partial charge is 0.493 e. The molecule has 18 heavy (non-hydrogen) atoms. The number of nitrogens with zero attached hydrogens (tertiary/aromatic N) is 1. The van der Waals surface area contributed by atoms with E-state index in [0.29, 0.717) is 0 Å². The summed E-state index contributed by atoms with van der Waals surface area (Å²) in [5.41, 5.74) is 0.240. The summed E-state index contributed by atoms with van der Waals surface area (Å²) < 4.78 is 23.0. The number of methoxy groups -OCH3 is 1. The minimum absolute atomic E-state index is 0.0914. The molecule has 0 saturated heterocycles. The number of carboxylic acid groups (broad SMARTS) is 1. The fourth-order valence-corrected chi connectivity index (χ4v) is 1.71. The maximum absolute atomic E-state index is 13.5. The van der Waals surface area contributed by atoms with E-state index in [1.165, 1.54) is 13.2 Å². The van der Waals surface area contributed by atoms with Crippen molar-refractivity contribution in [3.8, 4) is 17.0 Å². The normalized spacial score (nSPS) is 10.4. The van der Waals surface area contributed by atoms with Crippen molar-refractivity contribution in [3.63, 3.8) is 0 Å². The van der Waals surface area contributed by atoms with Gasteiger partial charge in [-0.1, -0.05) is 16.8 Å². The van der Waals surface area contributed by atoms with Crippen LogP contribution in [0.2, 0.25) is 5.02 Å². The summed E-state index contributed by atoms with van der Waals surface area (Å²) in [5, 5.41) is 12.4. The van der Waals surface area contributed by atoms with Crippen LogP contribution < -0.4 is 4.74 Å². The van der Waals surface area contributed by atoms with Crippen LogP contribution in [0.25, 0.3) is 11.3 Å². The maximum Gasteiger partial charge on any atom is 0.374 e. The molecule has 0 amide bonds. The molecule has 1 aromatic heterocycles. The number of aromatic carboxylic acids is 1. The van der Waals surface area contributed by atoms with E-state index in [9.17, 15) is 9.18 Å². The predicted octanol–water partition coefficient (Wildman–Crippen LogP) is 2.84. The molecule has 1 heterocycles. The molecule has 0 aliphatic rings. The number of halogens is 2. The van der Waals surface area contributed by atoms with Gasteiger partial charge in [-0.2, -0.15) is 0 Å². The van der Waals surface area contributed by atoms with E-state index in [-0.39, 0.29) is 27.8 Å². The number of rotatable bonds is 3. The number of carbonyl (C=O) groups is 1. The quantitative estimate of drug-likeness (QED) is 0.929. The summed E-state index contributed by atoms with van der Waals surface area (Å²) in [5.74, 6) is -2.39. The number of hydrogen-bond acceptors (Lipinski definition) is 4. The number of hydrogen-bond donors (Lipinski definition) is 1. The van der Waals surface area contributed by atoms with E-state index < -0.39 is 11.8 Å². The van der Waals surface area contributed by atoms with Gasteiger partial charge in [-0.05, 0) is 12.1 Å². The van der Waals surface area contributed by atoms with Crippen LogP contribution in [-0.2, 0) is 0 Å². The van der Waals surface area contributed by atoms with Gasteiger partial charge in [0.05, 0.1) is 17.7 Å². The van der Waals surface area contributed by atoms with E-state index in [2.05, 4.69) is 9.68 Å². The Bertz CT molecular complexity index is 611. The van der Waals surface area contributed by atoms with Crippen molar-refractivity contribution in [2.45, 2.75) is 0 Å². The van der Waals surface area contributed by atoms with Crippen LogP contribution in [0.1, 0.15) is 10.6 Å². The smallest absolute Gasteiger partial charge is 0.374 e. The Labute approximate surface area is 106 Å². The molecule has 0 unspecified atom stereocenters. The van der Waals surface area contributed by atoms with Gasteiger partial charge in [-0.15, -0.1) is 0 Å². The Hall–Kier alpha value is -2.08. The van der Waals surface area contributed by atoms with Gasteiger partial charge in [-0.25, -0.2) is 9.18 Å². The van der Waals surface area contributed by atoms with Crippen molar-refractivity contribution >= 4 is 17.6 Å². The molecule has 0 bridgehead atoms. The van der Waals surface area contributed by atoms with Crippen LogP contribution in [-0.4, -0.2) is 23.3 Å². The summed E-state index contributed by atoms with van der Waals surface area (Å²) >= 11 is 5.93. The van der Waals surface area contributed by atoms with Crippen LogP contribution in [0, 0.1) is 5.82 Å². The first-order chi connectivity index (χ1) is 8.54. The molecule has 5 nitrogen and oxygen atoms in total. The van der Waals surface area contributed by atoms with Crippen molar-refractivity contribution in [2.24, 2.45) is 0 Å². The fourth-order valence-electron chi connectivity index (χ4n) is 1.47. The number of benzene rings is 1. The topological polar surface area (TPSA) is 72.6 Å². The second-order valence-corrected chi connectivity index (χ2v) is 3.73. The van der Waals surface area contributed by atoms with Crippen molar-refractivity contribution in [1.29, 1.82) is 0 Å². The molecular weight excluding hydrogens is 265 g/mol. The highest BCUT2D eigenvalue weighted by Crippen LogP contribution is 2.37. The standard InChI is InChI=1S/C11H7ClFNO4/c1-17-10-6(13)3-2-5(12)9(10)7-4-8(11(15)16)18-14-7/h2-4H,1H3,(H,15,16). The lowest BCUT2D eigenvalue weighted by Gasteiger charge is -2.08. The van der Waals surface area contributed by atoms with Crippen LogP contribution in [0.4, 0.5) is 4.39 Å². The van der Waals surface area contributed by atoms with Gasteiger partial charge in [-0.3, -0.25) is 0 Å². The van der Waals surface area contributed by atoms with E-state index in [1.807, 2.05) is 0 Å². The van der Waals surface area contributed by atoms with Crippen LogP contribution in [0.15, 0.2) is 22.7 Å². The summed E-state index contributed by atoms with van der Waals surface area (Å²) in [7, 11) is 1.27. The van der Waals surface area contributed by atoms with Gasteiger partial charge in [0.2, 0.25) is 5.76 Å². The van der Waals surface area contributed by atoms with E-state index >= 15 is 0 Å². The highest BCUT2D eigenvalue weighted by molar-refractivity contribution is 6.33. The monoisotopic (exact) mass is 271 g/mol. The molecule has 0 atom stereocenters. The molecule has 0 aliphatic heterocycles. The third-order valence-corrected chi connectivity index (χ3v) is 2.55. The lowest BCUT2D eigenvalue weighted by atomic mass is 10.1. The van der Waals surface area contributed by atoms with Gasteiger partial charge in [0.15, 0.2) is 11.6 Å². The summed E-state index contributed by atoms with van der Waals surface area (Å²) in [6.07, 6.45) is 0. The van der Waals surface area contributed by atoms with Crippen molar-refractivity contribution in [2.75, 3.05) is 7.11 Å². The van der Waals surface area contributed by atoms with E-state index in [1.54, 1.807) is 0 Å². The highest BCUT2D eigenvalue weighted by Gasteiger charge is 2.20. The molecule has 0 spiro atoms. The van der Waals surface area contributed by atoms with Gasteiger partial charge >= 0.3 is 5.97 Å². The van der Waals surface area contributed by atoms with Crippen molar-refractivity contribution in [1.82, 2.24) is 5.16 Å². The Morgan fingerprint density at radius 3 is 2.83 bits per heavy atom. The molecule has 1 aromatic carbocycles. The molecule has 94 valence electrons. The van der Waals surface area contributed by atoms with Crippen molar-refractivity contribution < 1.29 is 23.6 Å². The fraction of sp³-hybridized carbons (Fsp3) is 0.0909. The molecule has 7 heteroatoms. The molecule has 0 aliphatic carbocycles. The zero-order valence-corrected chi connectivity index (χ0v) is 9.86. The summed E-state index contributed by atoms with van der Waals surface area (Å²) in [6.45, 7) is 0. The average molecular weight is 272 g/mol. The van der Waals surface area contributed by atoms with Gasteiger partial charge < -0.3 is 14.4 Å².